The molecule has 0 aromatic heterocycles. The van der Waals surface area contributed by atoms with E-state index < -0.39 is 239 Å². The summed E-state index contributed by atoms with van der Waals surface area (Å²) in [6.45, 7) is 13.3. The maximum absolute atomic E-state index is 13.0. The van der Waals surface area contributed by atoms with Gasteiger partial charge in [0.2, 0.25) is 0 Å². The van der Waals surface area contributed by atoms with Gasteiger partial charge in [0.05, 0.1) is 57.5 Å². The maximum Gasteiger partial charge on any atom is 0.187 e. The molecule has 0 unspecified atom stereocenters. The number of allylic oxidation sites excluding steroid dienone is 2. The van der Waals surface area contributed by atoms with Crippen molar-refractivity contribution in [1.82, 2.24) is 0 Å². The Kier molecular flexibility index (Phi) is 23.8. The number of hydrogen-bond acceptors (Lipinski definition) is 31. The topological polar surface area (TPSA) is 495 Å². The van der Waals surface area contributed by atoms with Crippen LogP contribution in [0.25, 0.3) is 0 Å². The summed E-state index contributed by atoms with van der Waals surface area (Å²) < 4.78 is 72.5. The largest absolute Gasteiger partial charge is 0.394 e. The van der Waals surface area contributed by atoms with Crippen molar-refractivity contribution in [1.29, 1.82) is 0 Å². The van der Waals surface area contributed by atoms with Crippen LogP contribution >= 0.6 is 0 Å². The van der Waals surface area contributed by atoms with Gasteiger partial charge < -0.3 is 154 Å². The lowest BCUT2D eigenvalue weighted by molar-refractivity contribution is -0.395. The van der Waals surface area contributed by atoms with Crippen molar-refractivity contribution in [3.63, 3.8) is 0 Å². The Morgan fingerprint density at radius 2 is 0.926 bits per heavy atom. The van der Waals surface area contributed by atoms with Crippen LogP contribution in [0.5, 0.6) is 0 Å². The smallest absolute Gasteiger partial charge is 0.187 e. The van der Waals surface area contributed by atoms with Crippen molar-refractivity contribution in [2.45, 2.75) is 303 Å². The van der Waals surface area contributed by atoms with Gasteiger partial charge in [-0.3, -0.25) is 0 Å². The molecule has 31 heteroatoms. The molecule has 38 atom stereocenters. The van der Waals surface area contributed by atoms with Crippen LogP contribution in [0, 0.1) is 45.3 Å². The van der Waals surface area contributed by atoms with Gasteiger partial charge in [-0.15, -0.1) is 0 Å². The number of aliphatic hydroxyl groups excluding tert-OH is 19. The second-order valence-corrected chi connectivity index (χ2v) is 30.5. The summed E-state index contributed by atoms with van der Waals surface area (Å²) in [6.07, 6.45) is -41.1. The van der Waals surface area contributed by atoms with E-state index >= 15 is 0 Å². The van der Waals surface area contributed by atoms with E-state index in [-0.39, 0.29) is 35.7 Å². The van der Waals surface area contributed by atoms with Gasteiger partial charge >= 0.3 is 0 Å². The zero-order chi connectivity index (χ0) is 69.5. The first-order valence-corrected chi connectivity index (χ1v) is 33.7. The van der Waals surface area contributed by atoms with Crippen molar-refractivity contribution in [2.24, 2.45) is 45.3 Å². The lowest BCUT2D eigenvalue weighted by atomic mass is 9.35. The molecule has 10 rings (SSSR count). The van der Waals surface area contributed by atoms with Gasteiger partial charge in [0.1, 0.15) is 134 Å². The Hall–Kier alpha value is -1.50. The van der Waals surface area contributed by atoms with Crippen LogP contribution in [0.2, 0.25) is 0 Å². The number of aliphatic hydroxyl groups is 19. The standard InChI is InChI=1S/C64H108O31/c1-25(2)10-9-14-64(8,95-57-51(83)45(77)43(75)33(91-57)24-87-55-50(82)44(76)42(74)32(90-55)23-86-54-48(80)38(70)28(68)21-84-54)26-11-16-63(7)37(26)27(67)18-35-61(5)15-13-36(60(3,4)34(61)12-17-62(35,63)6)92-58-52(46(78)40(72)30(19-65)88-58)94-59-53(47(79)41(73)31(20-66)89-59)93-56-49(81)39(71)29(69)22-85-56/h10,26-59,65-83H,9,11-24H2,1-8H3/t26-,27+,28+,29+,30+,31+,32+,33+,34+,35+,36-,37-,38-,39-,40+,41+,42+,43+,44-,45-,46-,47-,48+,49+,50+,51+,52+,53+,54-,55+,56-,57-,58-,59-,61-,62+,63+,64-/m0/s1. The van der Waals surface area contributed by atoms with Crippen LogP contribution in [-0.4, -0.2) is 327 Å². The molecule has 4 saturated carbocycles. The van der Waals surface area contributed by atoms with E-state index in [1.165, 1.54) is 0 Å². The Morgan fingerprint density at radius 1 is 0.463 bits per heavy atom. The van der Waals surface area contributed by atoms with Crippen LogP contribution < -0.4 is 0 Å². The van der Waals surface area contributed by atoms with Crippen molar-refractivity contribution >= 4 is 0 Å². The second kappa shape index (κ2) is 29.7. The van der Waals surface area contributed by atoms with Crippen LogP contribution in [0.4, 0.5) is 0 Å². The molecule has 4 aliphatic carbocycles. The minimum absolute atomic E-state index is 0.0418. The normalized spacial score (nSPS) is 53.2. The van der Waals surface area contributed by atoms with E-state index in [1.807, 2.05) is 20.8 Å². The highest BCUT2D eigenvalue weighted by molar-refractivity contribution is 5.21. The van der Waals surface area contributed by atoms with Gasteiger partial charge in [-0.25, -0.2) is 0 Å². The van der Waals surface area contributed by atoms with Gasteiger partial charge in [-0.05, 0) is 124 Å². The van der Waals surface area contributed by atoms with Gasteiger partial charge in [0.15, 0.2) is 37.7 Å². The van der Waals surface area contributed by atoms with Crippen molar-refractivity contribution in [3.05, 3.63) is 11.6 Å². The molecule has 6 saturated heterocycles. The van der Waals surface area contributed by atoms with Crippen molar-refractivity contribution < 1.29 is 154 Å². The van der Waals surface area contributed by atoms with Gasteiger partial charge in [0, 0.05) is 0 Å². The lowest BCUT2D eigenvalue weighted by Crippen LogP contribution is -2.68. The molecule has 0 amide bonds. The van der Waals surface area contributed by atoms with Gasteiger partial charge in [-0.1, -0.05) is 46.3 Å². The summed E-state index contributed by atoms with van der Waals surface area (Å²) in [7, 11) is 0. The highest BCUT2D eigenvalue weighted by Crippen LogP contribution is 2.76. The maximum atomic E-state index is 13.0. The Morgan fingerprint density at radius 3 is 1.48 bits per heavy atom. The molecular weight excluding hydrogens is 1260 g/mol. The highest BCUT2D eigenvalue weighted by atomic mass is 16.8. The number of rotatable bonds is 20. The van der Waals surface area contributed by atoms with E-state index in [4.69, 9.17) is 56.8 Å². The fourth-order valence-corrected chi connectivity index (χ4v) is 18.5. The number of ether oxygens (including phenoxy) is 12. The molecule has 31 nitrogen and oxygen atoms in total. The predicted octanol–water partition coefficient (Wildman–Crippen LogP) is -5.28. The first-order chi connectivity index (χ1) is 44.6. The molecule has 6 aliphatic heterocycles. The van der Waals surface area contributed by atoms with Crippen LogP contribution in [-0.2, 0) is 56.8 Å². The van der Waals surface area contributed by atoms with Gasteiger partial charge in [-0.2, -0.15) is 0 Å². The monoisotopic (exact) mass is 1370 g/mol. The molecule has 550 valence electrons. The Labute approximate surface area is 551 Å². The molecule has 10 aliphatic rings. The number of hydrogen-bond donors (Lipinski definition) is 19. The Balaban J connectivity index is 0.842. The number of fused-ring (bicyclic) bond motifs is 5. The summed E-state index contributed by atoms with van der Waals surface area (Å²) in [5.74, 6) is -0.795. The minimum atomic E-state index is -1.90. The molecule has 10 fully saturated rings. The average Bonchev–Trinajstić information content (AvgIpc) is 1.66. The third-order valence-corrected chi connectivity index (χ3v) is 24.3. The van der Waals surface area contributed by atoms with Gasteiger partial charge in [0.25, 0.3) is 0 Å². The highest BCUT2D eigenvalue weighted by Gasteiger charge is 2.72. The summed E-state index contributed by atoms with van der Waals surface area (Å²) in [5, 5.41) is 208. The van der Waals surface area contributed by atoms with E-state index in [0.29, 0.717) is 44.9 Å². The fourth-order valence-electron chi connectivity index (χ4n) is 18.5. The molecule has 0 bridgehead atoms. The zero-order valence-corrected chi connectivity index (χ0v) is 55.2. The Bertz CT molecular complexity index is 2540. The fraction of sp³-hybridized carbons (Fsp3) is 0.969. The van der Waals surface area contributed by atoms with Crippen LogP contribution in [0.15, 0.2) is 11.6 Å². The lowest BCUT2D eigenvalue weighted by Gasteiger charge is -2.71. The second-order valence-electron chi connectivity index (χ2n) is 30.5. The van der Waals surface area contributed by atoms with E-state index in [0.717, 1.165) is 18.4 Å². The van der Waals surface area contributed by atoms with Crippen LogP contribution in [0.3, 0.4) is 0 Å². The molecule has 0 aromatic rings. The third-order valence-electron chi connectivity index (χ3n) is 24.3. The molecule has 19 N–H and O–H groups in total. The molecular formula is C64H108O31. The average molecular weight is 1370 g/mol. The van der Waals surface area contributed by atoms with E-state index in [1.54, 1.807) is 0 Å². The first kappa shape index (κ1) is 76.1. The molecule has 0 spiro atoms. The summed E-state index contributed by atoms with van der Waals surface area (Å²) in [4.78, 5) is 0. The first-order valence-electron chi connectivity index (χ1n) is 33.7. The van der Waals surface area contributed by atoms with Crippen LogP contribution in [0.1, 0.15) is 113 Å². The molecule has 0 radical (unpaired) electrons. The van der Waals surface area contributed by atoms with E-state index in [2.05, 4.69) is 40.7 Å². The third kappa shape index (κ3) is 14.1. The summed E-state index contributed by atoms with van der Waals surface area (Å²) >= 11 is 0. The summed E-state index contributed by atoms with van der Waals surface area (Å²) in [6, 6.07) is 0. The SMILES string of the molecule is CC(C)=CCC[C@](C)(O[C@@H]1O[C@H](CO[C@@H]2O[C@H](CO[C@@H]3OC[C@@H](O)[C@H](O)[C@H]3O)[C@@H](O)[C@H](O)[C@H]2O)[C@@H](O)[C@H](O)[C@H]1O)[C@H]1CC[C@]2(C)[C@@H]1[C@H](O)C[C@@H]1[C@@]3(C)CC[C@H](O[C@@H]4O[C@H](CO)[C@@H](O)[C@H](O)[C@H]4O[C@@H]4O[C@H](CO)[C@@H](O)[C@H](O)[C@H]4O[C@@H]4OC[C@@H](O)[C@H](O)[C@H]4O)C(C)(C)[C@H]3CC[C@]12C. The van der Waals surface area contributed by atoms with E-state index in [9.17, 15) is 97.0 Å². The predicted molar refractivity (Wildman–Crippen MR) is 319 cm³/mol. The zero-order valence-electron chi connectivity index (χ0n) is 55.2. The summed E-state index contributed by atoms with van der Waals surface area (Å²) in [5.41, 5.74) is -2.07. The molecule has 0 aromatic carbocycles. The molecule has 95 heavy (non-hydrogen) atoms. The minimum Gasteiger partial charge on any atom is -0.394 e. The van der Waals surface area contributed by atoms with Crippen molar-refractivity contribution in [3.8, 4) is 0 Å². The quantitative estimate of drug-likeness (QED) is 0.0400. The molecule has 6 heterocycles. The van der Waals surface area contributed by atoms with Crippen molar-refractivity contribution in [2.75, 3.05) is 39.6 Å².